The molecule has 2 aliphatic rings. The Balaban J connectivity index is 1.53. The first kappa shape index (κ1) is 14.3. The van der Waals surface area contributed by atoms with Crippen molar-refractivity contribution < 1.29 is 4.74 Å². The van der Waals surface area contributed by atoms with Gasteiger partial charge in [0.2, 0.25) is 5.95 Å². The van der Waals surface area contributed by atoms with E-state index in [2.05, 4.69) is 20.0 Å². The van der Waals surface area contributed by atoms with E-state index in [4.69, 9.17) is 10.5 Å². The van der Waals surface area contributed by atoms with E-state index in [1.807, 2.05) is 35.0 Å². The van der Waals surface area contributed by atoms with E-state index < -0.39 is 0 Å². The summed E-state index contributed by atoms with van der Waals surface area (Å²) in [5.41, 5.74) is 7.16. The molecule has 0 aliphatic carbocycles. The second-order valence-electron chi connectivity index (χ2n) is 5.93. The zero-order chi connectivity index (χ0) is 15.6. The summed E-state index contributed by atoms with van der Waals surface area (Å²) in [5, 5.41) is 4.60. The first-order valence-corrected chi connectivity index (χ1v) is 7.94. The molecule has 0 spiro atoms. The molecule has 2 aromatic rings. The second kappa shape index (κ2) is 6.10. The van der Waals surface area contributed by atoms with Crippen molar-refractivity contribution >= 4 is 11.8 Å². The van der Waals surface area contributed by atoms with Gasteiger partial charge in [-0.15, -0.1) is 5.10 Å². The van der Waals surface area contributed by atoms with E-state index in [1.54, 1.807) is 0 Å². The molecule has 4 rings (SSSR count). The van der Waals surface area contributed by atoms with E-state index >= 15 is 0 Å². The molecule has 1 aromatic carbocycles. The molecule has 1 atom stereocenters. The van der Waals surface area contributed by atoms with Crippen LogP contribution in [0, 0.1) is 5.92 Å². The molecule has 0 amide bonds. The van der Waals surface area contributed by atoms with Crippen LogP contribution in [0.15, 0.2) is 35.3 Å². The van der Waals surface area contributed by atoms with Crippen molar-refractivity contribution in [2.45, 2.75) is 6.54 Å². The van der Waals surface area contributed by atoms with Gasteiger partial charge in [-0.05, 0) is 0 Å². The molecule has 2 aliphatic heterocycles. The molecule has 1 unspecified atom stereocenters. The third-order valence-electron chi connectivity index (χ3n) is 4.31. The summed E-state index contributed by atoms with van der Waals surface area (Å²) in [6.07, 6.45) is 0. The Morgan fingerprint density at radius 1 is 1.17 bits per heavy atom. The fraction of sp³-hybridized carbons (Fsp3) is 0.438. The lowest BCUT2D eigenvalue weighted by Crippen LogP contribution is -2.44. The molecule has 23 heavy (non-hydrogen) atoms. The van der Waals surface area contributed by atoms with Crippen LogP contribution in [0.4, 0.5) is 5.95 Å². The SMILES string of the molecule is NC1=Nc2nc(-c3ccccc3)nn2CC1CN1CCOCC1. The van der Waals surface area contributed by atoms with Gasteiger partial charge in [-0.25, -0.2) is 4.68 Å². The fourth-order valence-corrected chi connectivity index (χ4v) is 3.00. The number of aliphatic imine (C=N–C) groups is 1. The molecule has 1 aromatic heterocycles. The summed E-state index contributed by atoms with van der Waals surface area (Å²) in [6, 6.07) is 9.94. The van der Waals surface area contributed by atoms with Gasteiger partial charge < -0.3 is 10.5 Å². The average molecular weight is 312 g/mol. The van der Waals surface area contributed by atoms with Crippen LogP contribution in [-0.2, 0) is 11.3 Å². The first-order chi connectivity index (χ1) is 11.3. The van der Waals surface area contributed by atoms with Gasteiger partial charge in [-0.1, -0.05) is 30.3 Å². The van der Waals surface area contributed by atoms with E-state index in [-0.39, 0.29) is 5.92 Å². The van der Waals surface area contributed by atoms with Crippen molar-refractivity contribution in [2.75, 3.05) is 32.8 Å². The predicted molar refractivity (Wildman–Crippen MR) is 87.5 cm³/mol. The number of fused-ring (bicyclic) bond motifs is 1. The lowest BCUT2D eigenvalue weighted by atomic mass is 10.1. The predicted octanol–water partition coefficient (Wildman–Crippen LogP) is 0.896. The number of hydrogen-bond donors (Lipinski definition) is 1. The van der Waals surface area contributed by atoms with Crippen molar-refractivity contribution in [3.63, 3.8) is 0 Å². The number of hydrogen-bond acceptors (Lipinski definition) is 6. The van der Waals surface area contributed by atoms with Gasteiger partial charge in [-0.3, -0.25) is 4.90 Å². The molecule has 7 nitrogen and oxygen atoms in total. The van der Waals surface area contributed by atoms with Crippen molar-refractivity contribution in [3.8, 4) is 11.4 Å². The number of amidine groups is 1. The highest BCUT2D eigenvalue weighted by Crippen LogP contribution is 2.24. The van der Waals surface area contributed by atoms with Crippen LogP contribution in [-0.4, -0.2) is 58.3 Å². The Hall–Kier alpha value is -2.25. The third-order valence-corrected chi connectivity index (χ3v) is 4.31. The monoisotopic (exact) mass is 312 g/mol. The largest absolute Gasteiger partial charge is 0.387 e. The summed E-state index contributed by atoms with van der Waals surface area (Å²) < 4.78 is 7.26. The number of morpholine rings is 1. The highest BCUT2D eigenvalue weighted by molar-refractivity contribution is 5.85. The van der Waals surface area contributed by atoms with Crippen LogP contribution in [0.25, 0.3) is 11.4 Å². The molecular formula is C16H20N6O. The Morgan fingerprint density at radius 3 is 2.74 bits per heavy atom. The van der Waals surface area contributed by atoms with E-state index in [0.29, 0.717) is 17.6 Å². The van der Waals surface area contributed by atoms with Gasteiger partial charge in [0.25, 0.3) is 0 Å². The molecule has 1 fully saturated rings. The van der Waals surface area contributed by atoms with Crippen LogP contribution in [0.5, 0.6) is 0 Å². The maximum atomic E-state index is 6.17. The lowest BCUT2D eigenvalue weighted by Gasteiger charge is -2.31. The second-order valence-corrected chi connectivity index (χ2v) is 5.93. The summed E-state index contributed by atoms with van der Waals surface area (Å²) >= 11 is 0. The average Bonchev–Trinajstić information content (AvgIpc) is 3.00. The standard InChI is InChI=1S/C16H20N6O/c17-14-13(10-21-6-8-23-9-7-21)11-22-16(18-14)19-15(20-22)12-4-2-1-3-5-12/h1-5,13H,6-11H2,(H2,17,18,19,20). The van der Waals surface area contributed by atoms with Gasteiger partial charge in [0.15, 0.2) is 5.82 Å². The lowest BCUT2D eigenvalue weighted by molar-refractivity contribution is 0.0332. The van der Waals surface area contributed by atoms with E-state index in [0.717, 1.165) is 45.0 Å². The number of nitrogens with zero attached hydrogens (tertiary/aromatic N) is 5. The maximum absolute atomic E-state index is 6.17. The van der Waals surface area contributed by atoms with Crippen molar-refractivity contribution in [1.82, 2.24) is 19.7 Å². The topological polar surface area (TPSA) is 81.6 Å². The van der Waals surface area contributed by atoms with Crippen molar-refractivity contribution in [3.05, 3.63) is 30.3 Å². The van der Waals surface area contributed by atoms with Gasteiger partial charge >= 0.3 is 0 Å². The fourth-order valence-electron chi connectivity index (χ4n) is 3.00. The smallest absolute Gasteiger partial charge is 0.250 e. The van der Waals surface area contributed by atoms with E-state index in [9.17, 15) is 0 Å². The maximum Gasteiger partial charge on any atom is 0.250 e. The molecule has 0 bridgehead atoms. The molecule has 1 saturated heterocycles. The van der Waals surface area contributed by atoms with Crippen molar-refractivity contribution in [2.24, 2.45) is 16.6 Å². The Bertz CT molecular complexity index is 705. The van der Waals surface area contributed by atoms with Gasteiger partial charge in [-0.2, -0.15) is 9.98 Å². The molecule has 0 saturated carbocycles. The normalized spacial score (nSPS) is 21.7. The van der Waals surface area contributed by atoms with Crippen LogP contribution in [0.2, 0.25) is 0 Å². The number of rotatable bonds is 3. The molecule has 7 heteroatoms. The van der Waals surface area contributed by atoms with Gasteiger partial charge in [0, 0.05) is 31.1 Å². The number of ether oxygens (including phenoxy) is 1. The zero-order valence-electron chi connectivity index (χ0n) is 12.9. The summed E-state index contributed by atoms with van der Waals surface area (Å²) in [7, 11) is 0. The van der Waals surface area contributed by atoms with Crippen molar-refractivity contribution in [1.29, 1.82) is 0 Å². The number of nitrogens with two attached hydrogens (primary N) is 1. The number of aromatic nitrogens is 3. The third kappa shape index (κ3) is 2.97. The number of benzene rings is 1. The Labute approximate surface area is 134 Å². The van der Waals surface area contributed by atoms with Crippen LogP contribution in [0.1, 0.15) is 0 Å². The summed E-state index contributed by atoms with van der Waals surface area (Å²) in [6.45, 7) is 5.08. The minimum atomic E-state index is 0.172. The molecular weight excluding hydrogens is 292 g/mol. The minimum absolute atomic E-state index is 0.172. The zero-order valence-corrected chi connectivity index (χ0v) is 12.9. The van der Waals surface area contributed by atoms with Gasteiger partial charge in [0.05, 0.1) is 19.8 Å². The van der Waals surface area contributed by atoms with Crippen LogP contribution < -0.4 is 5.73 Å². The molecule has 3 heterocycles. The van der Waals surface area contributed by atoms with Crippen LogP contribution in [0.3, 0.4) is 0 Å². The van der Waals surface area contributed by atoms with Crippen LogP contribution >= 0.6 is 0 Å². The highest BCUT2D eigenvalue weighted by atomic mass is 16.5. The quantitative estimate of drug-likeness (QED) is 0.910. The van der Waals surface area contributed by atoms with E-state index in [1.165, 1.54) is 0 Å². The molecule has 0 radical (unpaired) electrons. The molecule has 120 valence electrons. The highest BCUT2D eigenvalue weighted by Gasteiger charge is 2.26. The Kier molecular flexibility index (Phi) is 3.80. The molecule has 2 N–H and O–H groups in total. The summed E-state index contributed by atoms with van der Waals surface area (Å²) in [4.78, 5) is 11.3. The summed E-state index contributed by atoms with van der Waals surface area (Å²) in [5.74, 6) is 2.12. The van der Waals surface area contributed by atoms with Gasteiger partial charge in [0.1, 0.15) is 5.84 Å². The Morgan fingerprint density at radius 2 is 1.96 bits per heavy atom. The first-order valence-electron chi connectivity index (χ1n) is 7.94. The minimum Gasteiger partial charge on any atom is -0.387 e.